The molecule has 1 amide bonds. The summed E-state index contributed by atoms with van der Waals surface area (Å²) in [6, 6.07) is 5.03. The second-order valence-corrected chi connectivity index (χ2v) is 6.39. The maximum atomic E-state index is 13.7. The third kappa shape index (κ3) is 4.28. The highest BCUT2D eigenvalue weighted by molar-refractivity contribution is 5.97. The van der Waals surface area contributed by atoms with Gasteiger partial charge in [-0.05, 0) is 24.5 Å². The summed E-state index contributed by atoms with van der Waals surface area (Å²) in [6.07, 6.45) is 6.47. The quantitative estimate of drug-likeness (QED) is 0.876. The maximum Gasteiger partial charge on any atom is 0.258 e. The molecule has 1 fully saturated rings. The number of pyridine rings is 1. The van der Waals surface area contributed by atoms with Gasteiger partial charge in [0.25, 0.3) is 5.91 Å². The minimum absolute atomic E-state index is 0.127. The first-order valence-electron chi connectivity index (χ1n) is 8.70. The molecule has 7 heteroatoms. The number of hydrogen-bond acceptors (Lipinski definition) is 4. The van der Waals surface area contributed by atoms with Crippen LogP contribution in [-0.4, -0.2) is 29.1 Å². The number of phenolic OH excluding ortho intramolecular Hbond substituents is 1. The summed E-state index contributed by atoms with van der Waals surface area (Å²) in [5, 5.41) is 12.1. The molecule has 138 valence electrons. The molecular weight excluding hydrogens is 340 g/mol. The number of benzene rings is 1. The molecule has 3 rings (SSSR count). The lowest BCUT2D eigenvalue weighted by molar-refractivity contribution is 0.0944. The van der Waals surface area contributed by atoms with Gasteiger partial charge < -0.3 is 15.3 Å². The number of nitrogens with zero attached hydrogens (tertiary/aromatic N) is 2. The van der Waals surface area contributed by atoms with Gasteiger partial charge in [-0.3, -0.25) is 4.79 Å². The molecule has 1 aromatic heterocycles. The Labute approximate surface area is 150 Å². The SMILES string of the molecule is O=C(NCc1ccc(N2CCCCCC2)nc1)c1c(O)cc(F)cc1F. The van der Waals surface area contributed by atoms with Crippen LogP contribution in [0.3, 0.4) is 0 Å². The molecule has 0 saturated carbocycles. The normalized spacial score (nSPS) is 14.8. The number of aromatic hydroxyl groups is 1. The van der Waals surface area contributed by atoms with Gasteiger partial charge >= 0.3 is 0 Å². The van der Waals surface area contributed by atoms with Gasteiger partial charge in [0.05, 0.1) is 0 Å². The molecule has 0 atom stereocenters. The van der Waals surface area contributed by atoms with E-state index in [-0.39, 0.29) is 6.54 Å². The number of carbonyl (C=O) groups excluding carboxylic acids is 1. The highest BCUT2D eigenvalue weighted by Crippen LogP contribution is 2.22. The smallest absolute Gasteiger partial charge is 0.258 e. The minimum Gasteiger partial charge on any atom is -0.507 e. The summed E-state index contributed by atoms with van der Waals surface area (Å²) in [4.78, 5) is 18.8. The zero-order valence-electron chi connectivity index (χ0n) is 14.3. The first-order chi connectivity index (χ1) is 12.5. The lowest BCUT2D eigenvalue weighted by Gasteiger charge is -2.21. The Morgan fingerprint density at radius 1 is 1.15 bits per heavy atom. The lowest BCUT2D eigenvalue weighted by Crippen LogP contribution is -2.26. The summed E-state index contributed by atoms with van der Waals surface area (Å²) in [5.41, 5.74) is 0.180. The van der Waals surface area contributed by atoms with Gasteiger partial charge in [0, 0.05) is 38.0 Å². The largest absolute Gasteiger partial charge is 0.507 e. The van der Waals surface area contributed by atoms with E-state index in [1.54, 1.807) is 6.20 Å². The molecule has 5 nitrogen and oxygen atoms in total. The number of anilines is 1. The molecule has 2 heterocycles. The molecule has 1 aliphatic rings. The molecule has 0 aliphatic carbocycles. The van der Waals surface area contributed by atoms with Crippen molar-refractivity contribution in [2.45, 2.75) is 32.2 Å². The van der Waals surface area contributed by atoms with Crippen LogP contribution < -0.4 is 10.2 Å². The third-order valence-corrected chi connectivity index (χ3v) is 4.45. The van der Waals surface area contributed by atoms with E-state index < -0.39 is 28.9 Å². The zero-order chi connectivity index (χ0) is 18.5. The van der Waals surface area contributed by atoms with Gasteiger partial charge in [-0.25, -0.2) is 13.8 Å². The van der Waals surface area contributed by atoms with Gasteiger partial charge in [0.15, 0.2) is 0 Å². The van der Waals surface area contributed by atoms with Crippen molar-refractivity contribution < 1.29 is 18.7 Å². The van der Waals surface area contributed by atoms with Gasteiger partial charge in [0.1, 0.15) is 28.8 Å². The van der Waals surface area contributed by atoms with E-state index >= 15 is 0 Å². The van der Waals surface area contributed by atoms with Gasteiger partial charge in [-0.15, -0.1) is 0 Å². The lowest BCUT2D eigenvalue weighted by atomic mass is 10.1. The van der Waals surface area contributed by atoms with E-state index in [1.807, 2.05) is 12.1 Å². The Morgan fingerprint density at radius 2 is 1.88 bits per heavy atom. The number of nitrogens with one attached hydrogen (secondary N) is 1. The number of rotatable bonds is 4. The van der Waals surface area contributed by atoms with Crippen molar-refractivity contribution in [3.8, 4) is 5.75 Å². The average molecular weight is 361 g/mol. The summed E-state index contributed by atoms with van der Waals surface area (Å²) in [5.74, 6) is -2.67. The van der Waals surface area contributed by atoms with Gasteiger partial charge in [-0.1, -0.05) is 18.9 Å². The fourth-order valence-electron chi connectivity index (χ4n) is 3.06. The van der Waals surface area contributed by atoms with Crippen molar-refractivity contribution >= 4 is 11.7 Å². The fraction of sp³-hybridized carbons (Fsp3) is 0.368. The topological polar surface area (TPSA) is 65.5 Å². The molecule has 1 aliphatic heterocycles. The Bertz CT molecular complexity index is 750. The van der Waals surface area contributed by atoms with Crippen molar-refractivity contribution in [2.24, 2.45) is 0 Å². The summed E-state index contributed by atoms with van der Waals surface area (Å²) < 4.78 is 26.7. The highest BCUT2D eigenvalue weighted by Gasteiger charge is 2.18. The van der Waals surface area contributed by atoms with Crippen LogP contribution in [0.5, 0.6) is 5.75 Å². The molecule has 2 N–H and O–H groups in total. The molecule has 0 unspecified atom stereocenters. The number of halogens is 2. The molecule has 1 aromatic carbocycles. The Kier molecular flexibility index (Phi) is 5.65. The van der Waals surface area contributed by atoms with Crippen LogP contribution in [0.25, 0.3) is 0 Å². The predicted octanol–water partition coefficient (Wildman–Crippen LogP) is 3.38. The number of hydrogen-bond donors (Lipinski definition) is 2. The number of aromatic nitrogens is 1. The van der Waals surface area contributed by atoms with Crippen molar-refractivity contribution in [3.63, 3.8) is 0 Å². The Balaban J connectivity index is 1.62. The first kappa shape index (κ1) is 18.1. The summed E-state index contributed by atoms with van der Waals surface area (Å²) >= 11 is 0. The number of carbonyl (C=O) groups is 1. The Hall–Kier alpha value is -2.70. The van der Waals surface area contributed by atoms with Gasteiger partial charge in [0.2, 0.25) is 0 Å². The molecule has 2 aromatic rings. The third-order valence-electron chi connectivity index (χ3n) is 4.45. The van der Waals surface area contributed by atoms with Crippen LogP contribution in [-0.2, 0) is 6.54 Å². The van der Waals surface area contributed by atoms with Crippen molar-refractivity contribution in [1.29, 1.82) is 0 Å². The van der Waals surface area contributed by atoms with Crippen LogP contribution in [0.15, 0.2) is 30.5 Å². The summed E-state index contributed by atoms with van der Waals surface area (Å²) in [6.45, 7) is 2.11. The number of amides is 1. The second kappa shape index (κ2) is 8.12. The van der Waals surface area contributed by atoms with Crippen LogP contribution in [0.1, 0.15) is 41.6 Å². The summed E-state index contributed by atoms with van der Waals surface area (Å²) in [7, 11) is 0. The van der Waals surface area contributed by atoms with Crippen LogP contribution in [0.2, 0.25) is 0 Å². The molecule has 0 bridgehead atoms. The van der Waals surface area contributed by atoms with Crippen molar-refractivity contribution in [2.75, 3.05) is 18.0 Å². The molecule has 26 heavy (non-hydrogen) atoms. The molecule has 0 spiro atoms. The van der Waals surface area contributed by atoms with E-state index in [4.69, 9.17) is 0 Å². The fourth-order valence-corrected chi connectivity index (χ4v) is 3.06. The van der Waals surface area contributed by atoms with Crippen molar-refractivity contribution in [1.82, 2.24) is 10.3 Å². The van der Waals surface area contributed by atoms with Crippen LogP contribution in [0, 0.1) is 11.6 Å². The van der Waals surface area contributed by atoms with Crippen LogP contribution in [0.4, 0.5) is 14.6 Å². The molecular formula is C19H21F2N3O2. The Morgan fingerprint density at radius 3 is 2.50 bits per heavy atom. The van der Waals surface area contributed by atoms with Crippen molar-refractivity contribution in [3.05, 3.63) is 53.2 Å². The highest BCUT2D eigenvalue weighted by atomic mass is 19.1. The van der Waals surface area contributed by atoms with E-state index in [1.165, 1.54) is 12.8 Å². The van der Waals surface area contributed by atoms with Crippen LogP contribution >= 0.6 is 0 Å². The molecule has 1 saturated heterocycles. The maximum absolute atomic E-state index is 13.7. The van der Waals surface area contributed by atoms with Gasteiger partial charge in [-0.2, -0.15) is 0 Å². The van der Waals surface area contributed by atoms with E-state index in [0.29, 0.717) is 12.1 Å². The van der Waals surface area contributed by atoms with E-state index in [2.05, 4.69) is 15.2 Å². The molecule has 0 radical (unpaired) electrons. The average Bonchev–Trinajstić information content (AvgIpc) is 2.89. The predicted molar refractivity (Wildman–Crippen MR) is 94.1 cm³/mol. The van der Waals surface area contributed by atoms with E-state index in [0.717, 1.165) is 37.3 Å². The minimum atomic E-state index is -1.10. The first-order valence-corrected chi connectivity index (χ1v) is 8.70. The standard InChI is InChI=1S/C19H21F2N3O2/c20-14-9-15(21)18(16(25)10-14)19(26)23-12-13-5-6-17(22-11-13)24-7-3-1-2-4-8-24/h5-6,9-11,25H,1-4,7-8,12H2,(H,23,26). The second-order valence-electron chi connectivity index (χ2n) is 6.39. The monoisotopic (exact) mass is 361 g/mol. The zero-order valence-corrected chi connectivity index (χ0v) is 14.3. The number of phenols is 1. The van der Waals surface area contributed by atoms with E-state index in [9.17, 15) is 18.7 Å².